The molecule has 0 bridgehead atoms. The lowest BCUT2D eigenvalue weighted by Crippen LogP contribution is -2.16. The first-order valence-corrected chi connectivity index (χ1v) is 12.4. The summed E-state index contributed by atoms with van der Waals surface area (Å²) in [6, 6.07) is 9.83. The topological polar surface area (TPSA) is 106 Å². The lowest BCUT2D eigenvalue weighted by molar-refractivity contribution is -0.116. The number of thiophene rings is 1. The molecule has 4 aromatic heterocycles. The van der Waals surface area contributed by atoms with Crippen LogP contribution in [-0.4, -0.2) is 30.4 Å². The zero-order valence-corrected chi connectivity index (χ0v) is 20.5. The molecule has 0 unspecified atom stereocenters. The van der Waals surface area contributed by atoms with Crippen LogP contribution in [0.2, 0.25) is 0 Å². The van der Waals surface area contributed by atoms with Gasteiger partial charge in [-0.25, -0.2) is 15.0 Å². The third-order valence-electron chi connectivity index (χ3n) is 5.62. The molecule has 0 aliphatic heterocycles. The van der Waals surface area contributed by atoms with Gasteiger partial charge in [-0.1, -0.05) is 41.7 Å². The van der Waals surface area contributed by atoms with Crippen LogP contribution in [0.15, 0.2) is 47.5 Å². The standard InChI is InChI=1S/C24H22N6O2S2/c1-13-14(2)33-23-18(13)22(32)26-16(27-23)9-10-17(31)28-24-29-19(15-7-5-4-6-8-15)20(34-24)21-25-11-12-30(21)3/h4-8,11-12H,9-10H2,1-3H3,(H,26,27,32)(H,28,29,31). The SMILES string of the molecule is Cc1sc2nc(CCC(=O)Nc3nc(-c4ccccc4)c(-c4nccn4C)s3)[nH]c(=O)c2c1C. The average molecular weight is 491 g/mol. The van der Waals surface area contributed by atoms with Crippen molar-refractivity contribution in [3.63, 3.8) is 0 Å². The number of fused-ring (bicyclic) bond motifs is 1. The fourth-order valence-corrected chi connectivity index (χ4v) is 5.82. The highest BCUT2D eigenvalue weighted by Crippen LogP contribution is 2.38. The summed E-state index contributed by atoms with van der Waals surface area (Å²) < 4.78 is 1.93. The monoisotopic (exact) mass is 490 g/mol. The minimum absolute atomic E-state index is 0.158. The number of amides is 1. The largest absolute Gasteiger partial charge is 0.333 e. The van der Waals surface area contributed by atoms with Gasteiger partial charge in [0.1, 0.15) is 10.7 Å². The van der Waals surface area contributed by atoms with E-state index in [4.69, 9.17) is 4.98 Å². The molecule has 0 radical (unpaired) electrons. The van der Waals surface area contributed by atoms with Crippen molar-refractivity contribution in [3.05, 3.63) is 69.3 Å². The molecule has 34 heavy (non-hydrogen) atoms. The van der Waals surface area contributed by atoms with E-state index >= 15 is 0 Å². The van der Waals surface area contributed by atoms with Crippen molar-refractivity contribution < 1.29 is 4.79 Å². The van der Waals surface area contributed by atoms with E-state index in [0.29, 0.717) is 27.6 Å². The summed E-state index contributed by atoms with van der Waals surface area (Å²) in [6.07, 6.45) is 4.12. The van der Waals surface area contributed by atoms with E-state index in [1.54, 1.807) is 6.20 Å². The molecular weight excluding hydrogens is 468 g/mol. The minimum atomic E-state index is -0.193. The number of imidazole rings is 1. The van der Waals surface area contributed by atoms with E-state index in [2.05, 4.69) is 20.3 Å². The molecule has 4 heterocycles. The number of aryl methyl sites for hydroxylation is 4. The van der Waals surface area contributed by atoms with E-state index in [1.165, 1.54) is 22.7 Å². The van der Waals surface area contributed by atoms with Gasteiger partial charge in [0.25, 0.3) is 5.56 Å². The van der Waals surface area contributed by atoms with Crippen LogP contribution in [0.4, 0.5) is 5.13 Å². The molecule has 2 N–H and O–H groups in total. The summed E-state index contributed by atoms with van der Waals surface area (Å²) in [5.41, 5.74) is 2.53. The maximum absolute atomic E-state index is 12.7. The Balaban J connectivity index is 1.36. The quantitative estimate of drug-likeness (QED) is 0.359. The molecule has 0 saturated carbocycles. The molecule has 5 aromatic rings. The Morgan fingerprint density at radius 2 is 1.94 bits per heavy atom. The van der Waals surface area contributed by atoms with Gasteiger partial charge >= 0.3 is 0 Å². The average Bonchev–Trinajstić information content (AvgIpc) is 3.50. The molecule has 1 amide bonds. The van der Waals surface area contributed by atoms with Gasteiger partial charge in [0.2, 0.25) is 5.91 Å². The van der Waals surface area contributed by atoms with Gasteiger partial charge in [0, 0.05) is 42.7 Å². The van der Waals surface area contributed by atoms with Gasteiger partial charge in [-0.05, 0) is 19.4 Å². The first-order chi connectivity index (χ1) is 16.4. The number of hydrogen-bond acceptors (Lipinski definition) is 7. The van der Waals surface area contributed by atoms with Crippen LogP contribution in [0, 0.1) is 13.8 Å². The van der Waals surface area contributed by atoms with E-state index in [9.17, 15) is 9.59 Å². The van der Waals surface area contributed by atoms with E-state index in [0.717, 1.165) is 32.4 Å². The summed E-state index contributed by atoms with van der Waals surface area (Å²) in [5.74, 6) is 1.10. The maximum Gasteiger partial charge on any atom is 0.259 e. The van der Waals surface area contributed by atoms with Crippen LogP contribution in [0.1, 0.15) is 22.7 Å². The Morgan fingerprint density at radius 1 is 1.15 bits per heavy atom. The number of anilines is 1. The number of carbonyl (C=O) groups is 1. The maximum atomic E-state index is 12.7. The van der Waals surface area contributed by atoms with Gasteiger partial charge in [0.15, 0.2) is 11.0 Å². The molecule has 8 nitrogen and oxygen atoms in total. The van der Waals surface area contributed by atoms with Crippen LogP contribution in [-0.2, 0) is 18.3 Å². The molecule has 0 saturated heterocycles. The number of aromatic nitrogens is 5. The normalized spacial score (nSPS) is 11.3. The number of thiazole rings is 1. The van der Waals surface area contributed by atoms with E-state index in [-0.39, 0.29) is 17.9 Å². The Kier molecular flexibility index (Phi) is 5.84. The number of nitrogens with one attached hydrogen (secondary N) is 2. The number of benzene rings is 1. The smallest absolute Gasteiger partial charge is 0.259 e. The van der Waals surface area contributed by atoms with Crippen molar-refractivity contribution in [2.24, 2.45) is 7.05 Å². The second-order valence-electron chi connectivity index (χ2n) is 7.95. The highest BCUT2D eigenvalue weighted by Gasteiger charge is 2.19. The minimum Gasteiger partial charge on any atom is -0.333 e. The molecule has 5 rings (SSSR count). The highest BCUT2D eigenvalue weighted by atomic mass is 32.1. The molecule has 0 aliphatic carbocycles. The molecule has 172 valence electrons. The molecular formula is C24H22N6O2S2. The zero-order chi connectivity index (χ0) is 23.8. The molecule has 0 fully saturated rings. The third-order valence-corrected chi connectivity index (χ3v) is 7.69. The van der Waals surface area contributed by atoms with Crippen LogP contribution in [0.3, 0.4) is 0 Å². The molecule has 0 spiro atoms. The molecule has 10 heteroatoms. The summed E-state index contributed by atoms with van der Waals surface area (Å²) in [4.78, 5) is 44.4. The highest BCUT2D eigenvalue weighted by molar-refractivity contribution is 7.19. The number of hydrogen-bond donors (Lipinski definition) is 2. The second-order valence-corrected chi connectivity index (χ2v) is 10.2. The molecule has 1 aromatic carbocycles. The number of aromatic amines is 1. The zero-order valence-electron chi connectivity index (χ0n) is 18.9. The summed E-state index contributed by atoms with van der Waals surface area (Å²) >= 11 is 2.88. The second kappa shape index (κ2) is 8.96. The number of carbonyl (C=O) groups excluding carboxylic acids is 1. The Bertz CT molecular complexity index is 1560. The van der Waals surface area contributed by atoms with Crippen molar-refractivity contribution in [2.75, 3.05) is 5.32 Å². The van der Waals surface area contributed by atoms with Gasteiger partial charge < -0.3 is 14.9 Å². The van der Waals surface area contributed by atoms with Crippen molar-refractivity contribution in [2.45, 2.75) is 26.7 Å². The van der Waals surface area contributed by atoms with Crippen LogP contribution in [0.5, 0.6) is 0 Å². The lowest BCUT2D eigenvalue weighted by Gasteiger charge is -2.02. The Morgan fingerprint density at radius 3 is 2.68 bits per heavy atom. The Labute approximate surface area is 203 Å². The molecule has 0 aliphatic rings. The van der Waals surface area contributed by atoms with Crippen molar-refractivity contribution >= 4 is 43.9 Å². The predicted octanol–water partition coefficient (Wildman–Crippen LogP) is 4.70. The lowest BCUT2D eigenvalue weighted by atomic mass is 10.1. The number of H-pyrrole nitrogens is 1. The van der Waals surface area contributed by atoms with Gasteiger partial charge in [-0.15, -0.1) is 11.3 Å². The summed E-state index contributed by atoms with van der Waals surface area (Å²) in [7, 11) is 1.93. The van der Waals surface area contributed by atoms with E-state index < -0.39 is 0 Å². The van der Waals surface area contributed by atoms with Gasteiger partial charge in [-0.3, -0.25) is 9.59 Å². The summed E-state index contributed by atoms with van der Waals surface area (Å²) in [5, 5.41) is 4.04. The van der Waals surface area contributed by atoms with Crippen molar-refractivity contribution in [1.29, 1.82) is 0 Å². The first kappa shape index (κ1) is 22.2. The van der Waals surface area contributed by atoms with Crippen molar-refractivity contribution in [1.82, 2.24) is 24.5 Å². The van der Waals surface area contributed by atoms with Gasteiger partial charge in [-0.2, -0.15) is 0 Å². The number of rotatable bonds is 6. The first-order valence-electron chi connectivity index (χ1n) is 10.7. The fourth-order valence-electron chi connectivity index (χ4n) is 3.73. The van der Waals surface area contributed by atoms with Crippen LogP contribution >= 0.6 is 22.7 Å². The molecule has 0 atom stereocenters. The van der Waals surface area contributed by atoms with Gasteiger partial charge in [0.05, 0.1) is 16.0 Å². The summed E-state index contributed by atoms with van der Waals surface area (Å²) in [6.45, 7) is 3.90. The fraction of sp³-hybridized carbons (Fsp3) is 0.208. The number of nitrogens with zero attached hydrogens (tertiary/aromatic N) is 4. The van der Waals surface area contributed by atoms with Crippen molar-refractivity contribution in [3.8, 4) is 22.0 Å². The Hall–Kier alpha value is -3.63. The van der Waals surface area contributed by atoms with Crippen LogP contribution < -0.4 is 10.9 Å². The predicted molar refractivity (Wildman–Crippen MR) is 136 cm³/mol. The third kappa shape index (κ3) is 4.17. The van der Waals surface area contributed by atoms with Crippen LogP contribution in [0.25, 0.3) is 32.2 Å². The van der Waals surface area contributed by atoms with E-state index in [1.807, 2.05) is 62.0 Å².